The number of hydrogen-bond acceptors (Lipinski definition) is 3. The highest BCUT2D eigenvalue weighted by molar-refractivity contribution is 5.87. The van der Waals surface area contributed by atoms with Gasteiger partial charge in [-0.25, -0.2) is 0 Å². The lowest BCUT2D eigenvalue weighted by Crippen LogP contribution is -2.34. The molecule has 0 unspecified atom stereocenters. The lowest BCUT2D eigenvalue weighted by Gasteiger charge is -2.19. The minimum atomic E-state index is -0.0676. The van der Waals surface area contributed by atoms with Crippen LogP contribution in [0.4, 0.5) is 0 Å². The Morgan fingerprint density at radius 2 is 2.31 bits per heavy atom. The van der Waals surface area contributed by atoms with Crippen molar-refractivity contribution in [3.63, 3.8) is 0 Å². The lowest BCUT2D eigenvalue weighted by molar-refractivity contribution is -0.130. The van der Waals surface area contributed by atoms with E-state index in [1.165, 1.54) is 0 Å². The first kappa shape index (κ1) is 10.6. The summed E-state index contributed by atoms with van der Waals surface area (Å²) in [5, 5.41) is 2.56. The number of aromatic nitrogens is 1. The van der Waals surface area contributed by atoms with E-state index in [1.807, 2.05) is 12.1 Å². The lowest BCUT2D eigenvalue weighted by atomic mass is 10.2. The summed E-state index contributed by atoms with van der Waals surface area (Å²) in [6.07, 6.45) is 3.79. The van der Waals surface area contributed by atoms with Gasteiger partial charge >= 0.3 is 0 Å². The van der Waals surface area contributed by atoms with E-state index >= 15 is 0 Å². The van der Waals surface area contributed by atoms with Gasteiger partial charge in [-0.3, -0.25) is 14.6 Å². The van der Waals surface area contributed by atoms with Crippen molar-refractivity contribution in [3.05, 3.63) is 30.1 Å². The normalized spacial score (nSPS) is 16.9. The number of nitrogens with one attached hydrogen (secondary N) is 1. The summed E-state index contributed by atoms with van der Waals surface area (Å²) in [4.78, 5) is 28.4. The van der Waals surface area contributed by atoms with Crippen LogP contribution in [0, 0.1) is 0 Å². The third kappa shape index (κ3) is 2.56. The van der Waals surface area contributed by atoms with Gasteiger partial charge in [-0.15, -0.1) is 0 Å². The summed E-state index contributed by atoms with van der Waals surface area (Å²) in [6.45, 7) is 1.08. The Morgan fingerprint density at radius 3 is 3.06 bits per heavy atom. The summed E-state index contributed by atoms with van der Waals surface area (Å²) >= 11 is 0. The maximum absolute atomic E-state index is 11.7. The molecule has 1 saturated heterocycles. The monoisotopic (exact) mass is 219 g/mol. The highest BCUT2D eigenvalue weighted by Gasteiger charge is 2.19. The van der Waals surface area contributed by atoms with Crippen LogP contribution < -0.4 is 5.32 Å². The highest BCUT2D eigenvalue weighted by Crippen LogP contribution is 2.05. The number of nitrogens with zero attached hydrogens (tertiary/aromatic N) is 2. The van der Waals surface area contributed by atoms with E-state index in [2.05, 4.69) is 10.3 Å². The molecule has 0 bridgehead atoms. The molecule has 1 N–H and O–H groups in total. The fraction of sp³-hybridized carbons (Fsp3) is 0.364. The van der Waals surface area contributed by atoms with E-state index in [9.17, 15) is 9.59 Å². The summed E-state index contributed by atoms with van der Waals surface area (Å²) in [5.74, 6) is -0.114. The Morgan fingerprint density at radius 1 is 1.44 bits per heavy atom. The maximum atomic E-state index is 11.7. The van der Waals surface area contributed by atoms with Gasteiger partial charge in [-0.1, -0.05) is 6.07 Å². The van der Waals surface area contributed by atoms with Crippen LogP contribution in [0.3, 0.4) is 0 Å². The van der Waals surface area contributed by atoms with Gasteiger partial charge in [0.25, 0.3) is 0 Å². The SMILES string of the molecule is O=C1CCN(Cc2cccnc2)C(=O)CN1. The van der Waals surface area contributed by atoms with Crippen LogP contribution in [0.2, 0.25) is 0 Å². The average molecular weight is 219 g/mol. The molecule has 1 aromatic rings. The van der Waals surface area contributed by atoms with Crippen LogP contribution in [-0.2, 0) is 16.1 Å². The Hall–Kier alpha value is -1.91. The molecule has 0 aromatic carbocycles. The number of amides is 2. The molecule has 1 aliphatic heterocycles. The Balaban J connectivity index is 2.03. The molecule has 1 aliphatic rings. The smallest absolute Gasteiger partial charge is 0.242 e. The van der Waals surface area contributed by atoms with E-state index in [4.69, 9.17) is 0 Å². The minimum Gasteiger partial charge on any atom is -0.347 e. The quantitative estimate of drug-likeness (QED) is 0.757. The van der Waals surface area contributed by atoms with Gasteiger partial charge in [-0.05, 0) is 11.6 Å². The van der Waals surface area contributed by atoms with Crippen molar-refractivity contribution in [3.8, 4) is 0 Å². The van der Waals surface area contributed by atoms with Gasteiger partial charge in [0.05, 0.1) is 6.54 Å². The number of pyridine rings is 1. The maximum Gasteiger partial charge on any atom is 0.242 e. The van der Waals surface area contributed by atoms with Crippen molar-refractivity contribution in [2.75, 3.05) is 13.1 Å². The molecular formula is C11H13N3O2. The summed E-state index contributed by atoms with van der Waals surface area (Å²) < 4.78 is 0. The van der Waals surface area contributed by atoms with Crippen molar-refractivity contribution in [1.29, 1.82) is 0 Å². The zero-order valence-corrected chi connectivity index (χ0v) is 8.85. The Kier molecular flexibility index (Phi) is 3.14. The molecule has 84 valence electrons. The molecule has 5 nitrogen and oxygen atoms in total. The molecule has 0 aliphatic carbocycles. The van der Waals surface area contributed by atoms with Gasteiger partial charge in [0.15, 0.2) is 0 Å². The highest BCUT2D eigenvalue weighted by atomic mass is 16.2. The Labute approximate surface area is 93.5 Å². The first-order valence-corrected chi connectivity index (χ1v) is 5.19. The average Bonchev–Trinajstić information content (AvgIpc) is 2.46. The van der Waals surface area contributed by atoms with Crippen molar-refractivity contribution in [2.24, 2.45) is 0 Å². The predicted molar refractivity (Wildman–Crippen MR) is 57.3 cm³/mol. The molecule has 1 fully saturated rings. The van der Waals surface area contributed by atoms with E-state index in [0.717, 1.165) is 5.56 Å². The van der Waals surface area contributed by atoms with Crippen LogP contribution in [0.25, 0.3) is 0 Å². The van der Waals surface area contributed by atoms with Gasteiger partial charge in [0.2, 0.25) is 11.8 Å². The molecule has 0 atom stereocenters. The predicted octanol–water partition coefficient (Wildman–Crippen LogP) is -0.0699. The molecule has 16 heavy (non-hydrogen) atoms. The molecule has 5 heteroatoms. The molecule has 2 rings (SSSR count). The zero-order valence-electron chi connectivity index (χ0n) is 8.85. The second kappa shape index (κ2) is 4.74. The second-order valence-corrected chi connectivity index (χ2v) is 3.70. The van der Waals surface area contributed by atoms with E-state index < -0.39 is 0 Å². The third-order valence-corrected chi connectivity index (χ3v) is 2.49. The van der Waals surface area contributed by atoms with E-state index in [-0.39, 0.29) is 18.4 Å². The molecule has 0 saturated carbocycles. The van der Waals surface area contributed by atoms with Crippen LogP contribution in [-0.4, -0.2) is 34.8 Å². The van der Waals surface area contributed by atoms with E-state index in [1.54, 1.807) is 17.3 Å². The van der Waals surface area contributed by atoms with Crippen molar-refractivity contribution >= 4 is 11.8 Å². The fourth-order valence-corrected chi connectivity index (χ4v) is 1.61. The molecule has 0 radical (unpaired) electrons. The van der Waals surface area contributed by atoms with Crippen molar-refractivity contribution in [2.45, 2.75) is 13.0 Å². The molecule has 2 amide bonds. The van der Waals surface area contributed by atoms with E-state index in [0.29, 0.717) is 19.5 Å². The topological polar surface area (TPSA) is 62.3 Å². The second-order valence-electron chi connectivity index (χ2n) is 3.70. The first-order valence-electron chi connectivity index (χ1n) is 5.19. The van der Waals surface area contributed by atoms with Crippen molar-refractivity contribution in [1.82, 2.24) is 15.2 Å². The van der Waals surface area contributed by atoms with Gasteiger partial charge < -0.3 is 10.2 Å². The van der Waals surface area contributed by atoms with Crippen LogP contribution in [0.1, 0.15) is 12.0 Å². The molecular weight excluding hydrogens is 206 g/mol. The van der Waals surface area contributed by atoms with Crippen LogP contribution in [0.5, 0.6) is 0 Å². The van der Waals surface area contributed by atoms with Crippen LogP contribution >= 0.6 is 0 Å². The van der Waals surface area contributed by atoms with Gasteiger partial charge in [0, 0.05) is 31.9 Å². The Bertz CT molecular complexity index is 391. The van der Waals surface area contributed by atoms with Crippen molar-refractivity contribution < 1.29 is 9.59 Å². The van der Waals surface area contributed by atoms with Crippen LogP contribution in [0.15, 0.2) is 24.5 Å². The fourth-order valence-electron chi connectivity index (χ4n) is 1.61. The zero-order chi connectivity index (χ0) is 11.4. The summed E-state index contributed by atoms with van der Waals surface area (Å²) in [5.41, 5.74) is 0.977. The minimum absolute atomic E-state index is 0.0466. The molecule has 0 spiro atoms. The number of carbonyl (C=O) groups is 2. The molecule has 1 aromatic heterocycles. The first-order chi connectivity index (χ1) is 7.75. The van der Waals surface area contributed by atoms with Gasteiger partial charge in [-0.2, -0.15) is 0 Å². The third-order valence-electron chi connectivity index (χ3n) is 2.49. The number of hydrogen-bond donors (Lipinski definition) is 1. The number of rotatable bonds is 2. The largest absolute Gasteiger partial charge is 0.347 e. The van der Waals surface area contributed by atoms with Gasteiger partial charge in [0.1, 0.15) is 0 Å². The molecule has 2 heterocycles. The summed E-state index contributed by atoms with van der Waals surface area (Å²) in [6, 6.07) is 3.75. The number of carbonyl (C=O) groups excluding carboxylic acids is 2. The standard InChI is InChI=1S/C11H13N3O2/c15-10-3-5-14(11(16)7-13-10)8-9-2-1-4-12-6-9/h1-2,4,6H,3,5,7-8H2,(H,13,15). The summed E-state index contributed by atoms with van der Waals surface area (Å²) in [7, 11) is 0.